The number of hydrogen-bond donors (Lipinski definition) is 2. The third kappa shape index (κ3) is 2.40. The minimum atomic E-state index is -0.197. The first kappa shape index (κ1) is 13.7. The number of carbonyl (C=O) groups is 1. The Bertz CT molecular complexity index is 983. The number of amides is 1. The van der Waals surface area contributed by atoms with Crippen LogP contribution in [-0.4, -0.2) is 25.7 Å². The van der Waals surface area contributed by atoms with E-state index in [2.05, 4.69) is 20.4 Å². The number of rotatable bonds is 3. The zero-order valence-electron chi connectivity index (χ0n) is 12.3. The molecule has 0 aliphatic heterocycles. The number of nitrogens with one attached hydrogen (secondary N) is 2. The van der Waals surface area contributed by atoms with Gasteiger partial charge < -0.3 is 10.3 Å². The first-order valence-electron chi connectivity index (χ1n) is 7.03. The van der Waals surface area contributed by atoms with Crippen molar-refractivity contribution in [1.82, 2.24) is 19.7 Å². The Hall–Kier alpha value is -2.93. The van der Waals surface area contributed by atoms with E-state index >= 15 is 0 Å². The van der Waals surface area contributed by atoms with Crippen molar-refractivity contribution in [2.75, 3.05) is 5.32 Å². The van der Waals surface area contributed by atoms with Gasteiger partial charge in [0.1, 0.15) is 11.2 Å². The third-order valence-corrected chi connectivity index (χ3v) is 4.40. The summed E-state index contributed by atoms with van der Waals surface area (Å²) in [6.07, 6.45) is 3.34. The Labute approximate surface area is 135 Å². The van der Waals surface area contributed by atoms with Crippen LogP contribution in [0.15, 0.2) is 48.2 Å². The van der Waals surface area contributed by atoms with Gasteiger partial charge in [-0.1, -0.05) is 12.1 Å². The minimum Gasteiger partial charge on any atom is -0.345 e. The van der Waals surface area contributed by atoms with Gasteiger partial charge in [0.15, 0.2) is 0 Å². The molecule has 1 amide bonds. The number of H-pyrrole nitrogens is 1. The predicted octanol–water partition coefficient (Wildman–Crippen LogP) is 3.28. The van der Waals surface area contributed by atoms with Crippen LogP contribution in [0.25, 0.3) is 21.6 Å². The Morgan fingerprint density at radius 2 is 2.22 bits per heavy atom. The van der Waals surface area contributed by atoms with Crippen LogP contribution in [0.5, 0.6) is 0 Å². The number of carbonyl (C=O) groups excluding carboxylic acids is 1. The lowest BCUT2D eigenvalue weighted by molar-refractivity contribution is 0.102. The zero-order valence-corrected chi connectivity index (χ0v) is 13.1. The van der Waals surface area contributed by atoms with E-state index in [1.54, 1.807) is 28.5 Å². The quantitative estimate of drug-likeness (QED) is 0.607. The topological polar surface area (TPSA) is 75.6 Å². The van der Waals surface area contributed by atoms with Crippen LogP contribution in [0, 0.1) is 0 Å². The summed E-state index contributed by atoms with van der Waals surface area (Å²) in [5.74, 6) is -0.197. The average Bonchev–Trinajstić information content (AvgIpc) is 3.27. The SMILES string of the molecule is Cn1cc(C(=O)Nc2cccc3[nH]cnc23)c(-c2cccs2)n1. The number of hydrogen-bond acceptors (Lipinski definition) is 4. The van der Waals surface area contributed by atoms with Gasteiger partial charge in [-0.25, -0.2) is 4.98 Å². The first-order chi connectivity index (χ1) is 11.2. The lowest BCUT2D eigenvalue weighted by atomic mass is 10.2. The van der Waals surface area contributed by atoms with Gasteiger partial charge in [-0.3, -0.25) is 9.48 Å². The normalized spacial score (nSPS) is 11.0. The molecule has 114 valence electrons. The Morgan fingerprint density at radius 1 is 1.30 bits per heavy atom. The summed E-state index contributed by atoms with van der Waals surface area (Å²) in [5, 5.41) is 9.31. The molecule has 4 rings (SSSR count). The smallest absolute Gasteiger partial charge is 0.259 e. The fourth-order valence-electron chi connectivity index (χ4n) is 2.51. The monoisotopic (exact) mass is 323 g/mol. The van der Waals surface area contributed by atoms with Crippen molar-refractivity contribution in [2.45, 2.75) is 0 Å². The summed E-state index contributed by atoms with van der Waals surface area (Å²) in [6, 6.07) is 9.53. The maximum Gasteiger partial charge on any atom is 0.259 e. The molecule has 23 heavy (non-hydrogen) atoms. The molecule has 0 aliphatic rings. The number of imidazole rings is 1. The highest BCUT2D eigenvalue weighted by molar-refractivity contribution is 7.13. The molecule has 0 spiro atoms. The second-order valence-electron chi connectivity index (χ2n) is 5.10. The average molecular weight is 323 g/mol. The molecule has 0 saturated heterocycles. The maximum absolute atomic E-state index is 12.7. The summed E-state index contributed by atoms with van der Waals surface area (Å²) >= 11 is 1.56. The zero-order chi connectivity index (χ0) is 15.8. The van der Waals surface area contributed by atoms with Crippen molar-refractivity contribution in [1.29, 1.82) is 0 Å². The van der Waals surface area contributed by atoms with E-state index in [1.165, 1.54) is 0 Å². The van der Waals surface area contributed by atoms with Crippen LogP contribution in [0.4, 0.5) is 5.69 Å². The summed E-state index contributed by atoms with van der Waals surface area (Å²) in [5.41, 5.74) is 3.53. The summed E-state index contributed by atoms with van der Waals surface area (Å²) in [7, 11) is 1.81. The molecule has 6 nitrogen and oxygen atoms in total. The van der Waals surface area contributed by atoms with Crippen molar-refractivity contribution in [3.8, 4) is 10.6 Å². The molecule has 2 N–H and O–H groups in total. The van der Waals surface area contributed by atoms with E-state index in [-0.39, 0.29) is 5.91 Å². The maximum atomic E-state index is 12.7. The van der Waals surface area contributed by atoms with Crippen LogP contribution in [-0.2, 0) is 7.05 Å². The van der Waals surface area contributed by atoms with Crippen molar-refractivity contribution >= 4 is 34.0 Å². The molecular formula is C16H13N5OS. The van der Waals surface area contributed by atoms with E-state index in [0.29, 0.717) is 16.9 Å². The van der Waals surface area contributed by atoms with Gasteiger partial charge in [-0.2, -0.15) is 5.10 Å². The number of benzene rings is 1. The molecule has 0 saturated carbocycles. The lowest BCUT2D eigenvalue weighted by Gasteiger charge is -2.05. The highest BCUT2D eigenvalue weighted by Gasteiger charge is 2.19. The van der Waals surface area contributed by atoms with Gasteiger partial charge in [0.25, 0.3) is 5.91 Å². The highest BCUT2D eigenvalue weighted by atomic mass is 32.1. The van der Waals surface area contributed by atoms with Crippen molar-refractivity contribution in [2.24, 2.45) is 7.05 Å². The molecule has 1 aromatic carbocycles. The number of thiophene rings is 1. The number of aromatic amines is 1. The number of nitrogens with zero attached hydrogens (tertiary/aromatic N) is 3. The van der Waals surface area contributed by atoms with Crippen LogP contribution >= 0.6 is 11.3 Å². The molecular weight excluding hydrogens is 310 g/mol. The molecule has 0 radical (unpaired) electrons. The van der Waals surface area contributed by atoms with E-state index in [1.807, 2.05) is 42.8 Å². The number of anilines is 1. The number of aryl methyl sites for hydroxylation is 1. The van der Waals surface area contributed by atoms with Gasteiger partial charge >= 0.3 is 0 Å². The highest BCUT2D eigenvalue weighted by Crippen LogP contribution is 2.28. The van der Waals surface area contributed by atoms with E-state index in [9.17, 15) is 4.79 Å². The fraction of sp³-hybridized carbons (Fsp3) is 0.0625. The molecule has 0 fully saturated rings. The Balaban J connectivity index is 1.72. The fourth-order valence-corrected chi connectivity index (χ4v) is 3.23. The van der Waals surface area contributed by atoms with Crippen LogP contribution < -0.4 is 5.32 Å². The number of para-hydroxylation sites is 1. The Morgan fingerprint density at radius 3 is 3.04 bits per heavy atom. The van der Waals surface area contributed by atoms with Crippen molar-refractivity contribution < 1.29 is 4.79 Å². The van der Waals surface area contributed by atoms with Crippen LogP contribution in [0.3, 0.4) is 0 Å². The summed E-state index contributed by atoms with van der Waals surface area (Å²) in [6.45, 7) is 0. The van der Waals surface area contributed by atoms with Crippen LogP contribution in [0.1, 0.15) is 10.4 Å². The molecule has 3 heterocycles. The first-order valence-corrected chi connectivity index (χ1v) is 7.91. The van der Waals surface area contributed by atoms with Gasteiger partial charge in [-0.05, 0) is 23.6 Å². The molecule has 0 aliphatic carbocycles. The van der Waals surface area contributed by atoms with Crippen molar-refractivity contribution in [3.63, 3.8) is 0 Å². The van der Waals surface area contributed by atoms with Crippen LogP contribution in [0.2, 0.25) is 0 Å². The number of aromatic nitrogens is 4. The largest absolute Gasteiger partial charge is 0.345 e. The van der Waals surface area contributed by atoms with E-state index < -0.39 is 0 Å². The molecule has 0 bridgehead atoms. The molecule has 0 unspecified atom stereocenters. The second-order valence-corrected chi connectivity index (χ2v) is 6.05. The second kappa shape index (κ2) is 5.36. The summed E-state index contributed by atoms with van der Waals surface area (Å²) in [4.78, 5) is 21.0. The van der Waals surface area contributed by atoms with Gasteiger partial charge in [0.05, 0.1) is 28.0 Å². The van der Waals surface area contributed by atoms with Crippen molar-refractivity contribution in [3.05, 3.63) is 53.8 Å². The molecule has 3 aromatic heterocycles. The lowest BCUT2D eigenvalue weighted by Crippen LogP contribution is -2.12. The minimum absolute atomic E-state index is 0.197. The Kier molecular flexibility index (Phi) is 3.20. The van der Waals surface area contributed by atoms with E-state index in [0.717, 1.165) is 15.9 Å². The molecule has 7 heteroatoms. The van der Waals surface area contributed by atoms with E-state index in [4.69, 9.17) is 0 Å². The molecule has 0 atom stereocenters. The number of fused-ring (bicyclic) bond motifs is 1. The molecule has 4 aromatic rings. The van der Waals surface area contributed by atoms with Gasteiger partial charge in [0, 0.05) is 13.2 Å². The summed E-state index contributed by atoms with van der Waals surface area (Å²) < 4.78 is 1.65. The third-order valence-electron chi connectivity index (χ3n) is 3.53. The predicted molar refractivity (Wildman–Crippen MR) is 90.6 cm³/mol. The van der Waals surface area contributed by atoms with Gasteiger partial charge in [-0.15, -0.1) is 11.3 Å². The standard InChI is InChI=1S/C16H13N5OS/c1-21-8-10(14(20-21)13-6-3-7-23-13)16(22)19-12-5-2-4-11-15(12)18-9-17-11/h2-9H,1H3,(H,17,18)(H,19,22). The van der Waals surface area contributed by atoms with Gasteiger partial charge in [0.2, 0.25) is 0 Å².